The molecular weight excluding hydrogens is 296 g/mol. The molecule has 2 rings (SSSR count). The minimum atomic E-state index is -0.265. The molecule has 0 spiro atoms. The van der Waals surface area contributed by atoms with E-state index in [0.29, 0.717) is 17.9 Å². The standard InChI is InChI=1S/C10H8BrClFN3/c11-8-1-2-9(13)7(3-8)5-16-10(4-12)14-6-15-16/h1-3,6H,4-5H2. The van der Waals surface area contributed by atoms with Gasteiger partial charge in [0.2, 0.25) is 0 Å². The number of aromatic nitrogens is 3. The predicted molar refractivity (Wildman–Crippen MR) is 62.8 cm³/mol. The second-order valence-corrected chi connectivity index (χ2v) is 4.39. The maximum Gasteiger partial charge on any atom is 0.142 e. The first-order valence-electron chi connectivity index (χ1n) is 4.57. The highest BCUT2D eigenvalue weighted by molar-refractivity contribution is 9.10. The van der Waals surface area contributed by atoms with Gasteiger partial charge in [-0.1, -0.05) is 15.9 Å². The van der Waals surface area contributed by atoms with E-state index in [-0.39, 0.29) is 11.7 Å². The summed E-state index contributed by atoms with van der Waals surface area (Å²) in [6.07, 6.45) is 1.41. The molecule has 1 heterocycles. The Morgan fingerprint density at radius 2 is 2.25 bits per heavy atom. The third-order valence-corrected chi connectivity index (χ3v) is 2.88. The normalized spacial score (nSPS) is 10.7. The maximum absolute atomic E-state index is 13.5. The molecule has 2 aromatic rings. The van der Waals surface area contributed by atoms with Crippen molar-refractivity contribution in [1.29, 1.82) is 0 Å². The zero-order chi connectivity index (χ0) is 11.5. The Kier molecular flexibility index (Phi) is 3.56. The van der Waals surface area contributed by atoms with E-state index < -0.39 is 0 Å². The summed E-state index contributed by atoms with van der Waals surface area (Å²) in [7, 11) is 0. The van der Waals surface area contributed by atoms with Gasteiger partial charge < -0.3 is 0 Å². The zero-order valence-electron chi connectivity index (χ0n) is 8.20. The average Bonchev–Trinajstić information content (AvgIpc) is 2.71. The fraction of sp³-hybridized carbons (Fsp3) is 0.200. The van der Waals surface area contributed by atoms with Gasteiger partial charge in [-0.05, 0) is 18.2 Å². The maximum atomic E-state index is 13.5. The van der Waals surface area contributed by atoms with Crippen LogP contribution in [0.2, 0.25) is 0 Å². The summed E-state index contributed by atoms with van der Waals surface area (Å²) in [5, 5.41) is 3.99. The number of rotatable bonds is 3. The van der Waals surface area contributed by atoms with Gasteiger partial charge in [0.25, 0.3) is 0 Å². The fourth-order valence-electron chi connectivity index (χ4n) is 1.35. The van der Waals surface area contributed by atoms with Gasteiger partial charge in [-0.25, -0.2) is 14.1 Å². The lowest BCUT2D eigenvalue weighted by Crippen LogP contribution is -2.07. The summed E-state index contributed by atoms with van der Waals surface area (Å²) in [5.41, 5.74) is 0.547. The van der Waals surface area contributed by atoms with Crippen LogP contribution in [0.15, 0.2) is 29.0 Å². The highest BCUT2D eigenvalue weighted by atomic mass is 79.9. The summed E-state index contributed by atoms with van der Waals surface area (Å²) in [6.45, 7) is 0.327. The lowest BCUT2D eigenvalue weighted by atomic mass is 10.2. The second kappa shape index (κ2) is 4.93. The molecule has 0 saturated carbocycles. The van der Waals surface area contributed by atoms with Gasteiger partial charge in [0.05, 0.1) is 12.4 Å². The van der Waals surface area contributed by atoms with E-state index >= 15 is 0 Å². The molecule has 0 aliphatic rings. The van der Waals surface area contributed by atoms with Crippen LogP contribution in [0.5, 0.6) is 0 Å². The van der Waals surface area contributed by atoms with Crippen LogP contribution in [0, 0.1) is 5.82 Å². The number of alkyl halides is 1. The summed E-state index contributed by atoms with van der Waals surface area (Å²) in [6, 6.07) is 4.79. The van der Waals surface area contributed by atoms with Crippen molar-refractivity contribution in [3.05, 3.63) is 46.2 Å². The molecule has 0 radical (unpaired) electrons. The van der Waals surface area contributed by atoms with E-state index in [1.807, 2.05) is 0 Å². The Bertz CT molecular complexity index is 501. The number of nitrogens with zero attached hydrogens (tertiary/aromatic N) is 3. The molecule has 0 saturated heterocycles. The Morgan fingerprint density at radius 3 is 3.00 bits per heavy atom. The lowest BCUT2D eigenvalue weighted by molar-refractivity contribution is 0.577. The van der Waals surface area contributed by atoms with Crippen LogP contribution in [0.3, 0.4) is 0 Å². The van der Waals surface area contributed by atoms with E-state index in [2.05, 4.69) is 26.0 Å². The van der Waals surface area contributed by atoms with E-state index in [9.17, 15) is 4.39 Å². The van der Waals surface area contributed by atoms with Gasteiger partial charge >= 0.3 is 0 Å². The molecule has 16 heavy (non-hydrogen) atoms. The van der Waals surface area contributed by atoms with Crippen LogP contribution in [0.4, 0.5) is 4.39 Å². The van der Waals surface area contributed by atoms with Crippen molar-refractivity contribution < 1.29 is 4.39 Å². The van der Waals surface area contributed by atoms with Crippen molar-refractivity contribution in [3.8, 4) is 0 Å². The largest absolute Gasteiger partial charge is 0.244 e. The number of hydrogen-bond acceptors (Lipinski definition) is 2. The van der Waals surface area contributed by atoms with Gasteiger partial charge in [-0.15, -0.1) is 11.6 Å². The van der Waals surface area contributed by atoms with Gasteiger partial charge in [-0.3, -0.25) is 0 Å². The van der Waals surface area contributed by atoms with Crippen LogP contribution < -0.4 is 0 Å². The molecule has 1 aromatic heterocycles. The molecule has 84 valence electrons. The predicted octanol–water partition coefficient (Wildman–Crippen LogP) is 2.97. The summed E-state index contributed by atoms with van der Waals surface area (Å²) >= 11 is 8.98. The monoisotopic (exact) mass is 303 g/mol. The molecule has 3 nitrogen and oxygen atoms in total. The fourth-order valence-corrected chi connectivity index (χ4v) is 1.96. The van der Waals surface area contributed by atoms with Crippen molar-refractivity contribution >= 4 is 27.5 Å². The van der Waals surface area contributed by atoms with Crippen molar-refractivity contribution in [3.63, 3.8) is 0 Å². The van der Waals surface area contributed by atoms with Crippen molar-refractivity contribution in [2.24, 2.45) is 0 Å². The Balaban J connectivity index is 2.30. The molecule has 1 aromatic carbocycles. The average molecular weight is 305 g/mol. The molecule has 0 atom stereocenters. The molecular formula is C10H8BrClFN3. The van der Waals surface area contributed by atoms with Crippen LogP contribution in [0.1, 0.15) is 11.4 Å². The number of halogens is 3. The first-order chi connectivity index (χ1) is 7.70. The lowest BCUT2D eigenvalue weighted by Gasteiger charge is -2.06. The van der Waals surface area contributed by atoms with Gasteiger partial charge in [0.15, 0.2) is 0 Å². The zero-order valence-corrected chi connectivity index (χ0v) is 10.5. The highest BCUT2D eigenvalue weighted by Crippen LogP contribution is 2.16. The molecule has 0 aliphatic heterocycles. The highest BCUT2D eigenvalue weighted by Gasteiger charge is 2.07. The molecule has 0 unspecified atom stereocenters. The van der Waals surface area contributed by atoms with E-state index in [4.69, 9.17) is 11.6 Å². The third-order valence-electron chi connectivity index (χ3n) is 2.14. The Labute approximate surface area is 105 Å². The first-order valence-corrected chi connectivity index (χ1v) is 5.90. The second-order valence-electron chi connectivity index (χ2n) is 3.20. The molecule has 0 N–H and O–H groups in total. The van der Waals surface area contributed by atoms with Crippen LogP contribution >= 0.6 is 27.5 Å². The quantitative estimate of drug-likeness (QED) is 0.816. The SMILES string of the molecule is Fc1ccc(Br)cc1Cn1ncnc1CCl. The summed E-state index contributed by atoms with van der Waals surface area (Å²) in [5.74, 6) is 0.621. The van der Waals surface area contributed by atoms with E-state index in [0.717, 1.165) is 4.47 Å². The van der Waals surface area contributed by atoms with E-state index in [1.54, 1.807) is 16.8 Å². The minimum absolute atomic E-state index is 0.260. The van der Waals surface area contributed by atoms with Crippen molar-refractivity contribution in [2.75, 3.05) is 0 Å². The van der Waals surface area contributed by atoms with Gasteiger partial charge in [0.1, 0.15) is 18.0 Å². The van der Waals surface area contributed by atoms with Crippen molar-refractivity contribution in [2.45, 2.75) is 12.4 Å². The summed E-state index contributed by atoms with van der Waals surface area (Å²) < 4.78 is 15.9. The van der Waals surface area contributed by atoms with Gasteiger partial charge in [0, 0.05) is 10.0 Å². The van der Waals surface area contributed by atoms with Crippen molar-refractivity contribution in [1.82, 2.24) is 14.8 Å². The van der Waals surface area contributed by atoms with Crippen LogP contribution in [-0.2, 0) is 12.4 Å². The third kappa shape index (κ3) is 2.41. The molecule has 0 aliphatic carbocycles. The number of hydrogen-bond donors (Lipinski definition) is 0. The summed E-state index contributed by atoms with van der Waals surface area (Å²) in [4.78, 5) is 3.97. The van der Waals surface area contributed by atoms with E-state index in [1.165, 1.54) is 12.4 Å². The topological polar surface area (TPSA) is 30.7 Å². The molecule has 0 fully saturated rings. The Morgan fingerprint density at radius 1 is 1.44 bits per heavy atom. The van der Waals surface area contributed by atoms with Crippen LogP contribution in [-0.4, -0.2) is 14.8 Å². The smallest absolute Gasteiger partial charge is 0.142 e. The van der Waals surface area contributed by atoms with Gasteiger partial charge in [-0.2, -0.15) is 5.10 Å². The minimum Gasteiger partial charge on any atom is -0.244 e. The molecule has 0 amide bonds. The molecule has 6 heteroatoms. The number of benzene rings is 1. The first kappa shape index (κ1) is 11.5. The molecule has 0 bridgehead atoms. The Hall–Kier alpha value is -0.940. The van der Waals surface area contributed by atoms with Crippen LogP contribution in [0.25, 0.3) is 0 Å².